The average molecular weight is 368 g/mol. The molecule has 6 heteroatoms. The molecular weight excluding hydrogens is 340 g/mol. The molecule has 1 aliphatic heterocycles. The lowest BCUT2D eigenvalue weighted by molar-refractivity contribution is -0.148. The minimum absolute atomic E-state index is 0.0140. The summed E-state index contributed by atoms with van der Waals surface area (Å²) in [5.74, 6) is 1.97. The highest BCUT2D eigenvalue weighted by atomic mass is 16.5. The number of fused-ring (bicyclic) bond motifs is 1. The molecule has 1 aromatic heterocycles. The SMILES string of the molecule is COC(=O)C1CCCCC1CNc1nc2ccccc2nc1N1CCCC1. The van der Waals surface area contributed by atoms with Crippen LogP contribution >= 0.6 is 0 Å². The van der Waals surface area contributed by atoms with Gasteiger partial charge in [-0.25, -0.2) is 9.97 Å². The molecule has 27 heavy (non-hydrogen) atoms. The van der Waals surface area contributed by atoms with Gasteiger partial charge in [0.05, 0.1) is 24.1 Å². The zero-order chi connectivity index (χ0) is 18.6. The summed E-state index contributed by atoms with van der Waals surface area (Å²) in [4.78, 5) is 24.2. The Labute approximate surface area is 160 Å². The van der Waals surface area contributed by atoms with Crippen LogP contribution < -0.4 is 10.2 Å². The van der Waals surface area contributed by atoms with Gasteiger partial charge in [-0.3, -0.25) is 4.79 Å². The van der Waals surface area contributed by atoms with Gasteiger partial charge in [0.2, 0.25) is 0 Å². The third-order valence-corrected chi connectivity index (χ3v) is 5.90. The standard InChI is InChI=1S/C21H28N4O2/c1-27-21(26)16-9-3-2-8-15(16)14-22-19-20(25-12-6-7-13-25)24-18-11-5-4-10-17(18)23-19/h4-5,10-11,15-16H,2-3,6-9,12-14H2,1H3,(H,22,23). The minimum atomic E-state index is -0.0779. The molecule has 2 heterocycles. The fourth-order valence-electron chi connectivity index (χ4n) is 4.40. The van der Waals surface area contributed by atoms with Crippen molar-refractivity contribution in [3.63, 3.8) is 0 Å². The molecule has 0 amide bonds. The maximum atomic E-state index is 12.2. The first-order chi connectivity index (χ1) is 13.3. The Hall–Kier alpha value is -2.37. The zero-order valence-corrected chi connectivity index (χ0v) is 16.0. The number of esters is 1. The van der Waals surface area contributed by atoms with Crippen LogP contribution in [0.5, 0.6) is 0 Å². The Morgan fingerprint density at radius 2 is 1.81 bits per heavy atom. The number of hydrogen-bond acceptors (Lipinski definition) is 6. The molecule has 1 aliphatic carbocycles. The number of methoxy groups -OCH3 is 1. The van der Waals surface area contributed by atoms with Gasteiger partial charge in [0, 0.05) is 19.6 Å². The number of nitrogens with one attached hydrogen (secondary N) is 1. The second kappa shape index (κ2) is 8.11. The molecule has 1 aromatic carbocycles. The largest absolute Gasteiger partial charge is 0.469 e. The average Bonchev–Trinajstić information content (AvgIpc) is 3.26. The second-order valence-corrected chi connectivity index (χ2v) is 7.63. The Bertz CT molecular complexity index is 804. The van der Waals surface area contributed by atoms with Crippen LogP contribution in [0.25, 0.3) is 11.0 Å². The highest BCUT2D eigenvalue weighted by Gasteiger charge is 2.32. The van der Waals surface area contributed by atoms with Gasteiger partial charge >= 0.3 is 5.97 Å². The summed E-state index contributed by atoms with van der Waals surface area (Å²) in [7, 11) is 1.49. The molecule has 6 nitrogen and oxygen atoms in total. The smallest absolute Gasteiger partial charge is 0.309 e. The molecule has 1 saturated heterocycles. The van der Waals surface area contributed by atoms with Crippen LogP contribution in [-0.4, -0.2) is 42.7 Å². The third-order valence-electron chi connectivity index (χ3n) is 5.90. The van der Waals surface area contributed by atoms with Crippen molar-refractivity contribution < 1.29 is 9.53 Å². The van der Waals surface area contributed by atoms with E-state index in [0.717, 1.165) is 61.6 Å². The Balaban J connectivity index is 1.58. The summed E-state index contributed by atoms with van der Waals surface area (Å²) >= 11 is 0. The first kappa shape index (κ1) is 18.0. The second-order valence-electron chi connectivity index (χ2n) is 7.63. The molecule has 2 aromatic rings. The molecule has 0 spiro atoms. The monoisotopic (exact) mass is 368 g/mol. The quantitative estimate of drug-likeness (QED) is 0.813. The van der Waals surface area contributed by atoms with Crippen molar-refractivity contribution in [1.29, 1.82) is 0 Å². The van der Waals surface area contributed by atoms with E-state index in [0.29, 0.717) is 0 Å². The Morgan fingerprint density at radius 3 is 2.56 bits per heavy atom. The normalized spacial score (nSPS) is 22.8. The van der Waals surface area contributed by atoms with Crippen LogP contribution in [0.15, 0.2) is 24.3 Å². The van der Waals surface area contributed by atoms with Crippen molar-refractivity contribution in [1.82, 2.24) is 9.97 Å². The summed E-state index contributed by atoms with van der Waals surface area (Å²) < 4.78 is 5.03. The predicted molar refractivity (Wildman–Crippen MR) is 107 cm³/mol. The maximum Gasteiger partial charge on any atom is 0.309 e. The lowest BCUT2D eigenvalue weighted by Crippen LogP contribution is -2.33. The fourth-order valence-corrected chi connectivity index (χ4v) is 4.40. The minimum Gasteiger partial charge on any atom is -0.469 e. The summed E-state index contributed by atoms with van der Waals surface area (Å²) in [6, 6.07) is 8.00. The molecule has 144 valence electrons. The van der Waals surface area contributed by atoms with Crippen LogP contribution in [0.1, 0.15) is 38.5 Å². The van der Waals surface area contributed by atoms with E-state index >= 15 is 0 Å². The molecule has 2 fully saturated rings. The molecule has 0 bridgehead atoms. The maximum absolute atomic E-state index is 12.2. The first-order valence-electron chi connectivity index (χ1n) is 10.1. The molecule has 2 atom stereocenters. The lowest BCUT2D eigenvalue weighted by Gasteiger charge is -2.30. The van der Waals surface area contributed by atoms with E-state index in [1.165, 1.54) is 26.4 Å². The molecule has 0 radical (unpaired) electrons. The highest BCUT2D eigenvalue weighted by molar-refractivity contribution is 5.80. The van der Waals surface area contributed by atoms with Gasteiger partial charge in [0.1, 0.15) is 0 Å². The number of carbonyl (C=O) groups excluding carboxylic acids is 1. The van der Waals surface area contributed by atoms with Gasteiger partial charge in [-0.1, -0.05) is 25.0 Å². The van der Waals surface area contributed by atoms with Gasteiger partial charge in [0.15, 0.2) is 11.6 Å². The van der Waals surface area contributed by atoms with Gasteiger partial charge in [0.25, 0.3) is 0 Å². The lowest BCUT2D eigenvalue weighted by atomic mass is 9.79. The van der Waals surface area contributed by atoms with E-state index in [1.807, 2.05) is 24.3 Å². The Kier molecular flexibility index (Phi) is 5.41. The van der Waals surface area contributed by atoms with Crippen molar-refractivity contribution in [2.75, 3.05) is 37.0 Å². The van der Waals surface area contributed by atoms with Crippen molar-refractivity contribution in [3.05, 3.63) is 24.3 Å². The molecule has 1 saturated carbocycles. The summed E-state index contributed by atoms with van der Waals surface area (Å²) in [5.41, 5.74) is 1.83. The molecule has 1 N–H and O–H groups in total. The number of rotatable bonds is 5. The van der Waals surface area contributed by atoms with Crippen LogP contribution in [-0.2, 0) is 9.53 Å². The number of ether oxygens (including phenoxy) is 1. The first-order valence-corrected chi connectivity index (χ1v) is 10.1. The molecule has 2 unspecified atom stereocenters. The molecule has 2 aliphatic rings. The summed E-state index contributed by atoms with van der Waals surface area (Å²) in [5, 5.41) is 3.54. The van der Waals surface area contributed by atoms with Crippen molar-refractivity contribution in [3.8, 4) is 0 Å². The Morgan fingerprint density at radius 1 is 1.11 bits per heavy atom. The predicted octanol–water partition coefficient (Wildman–Crippen LogP) is 3.62. The van der Waals surface area contributed by atoms with Crippen molar-refractivity contribution >= 4 is 28.6 Å². The van der Waals surface area contributed by atoms with Crippen molar-refractivity contribution in [2.45, 2.75) is 38.5 Å². The van der Waals surface area contributed by atoms with Crippen molar-refractivity contribution in [2.24, 2.45) is 11.8 Å². The summed E-state index contributed by atoms with van der Waals surface area (Å²) in [6.45, 7) is 2.78. The van der Waals surface area contributed by atoms with Crippen LogP contribution in [0.2, 0.25) is 0 Å². The number of benzene rings is 1. The topological polar surface area (TPSA) is 67.3 Å². The van der Waals surface area contributed by atoms with E-state index in [4.69, 9.17) is 14.7 Å². The third kappa shape index (κ3) is 3.84. The molecular formula is C21H28N4O2. The van der Waals surface area contributed by atoms with Crippen LogP contribution in [0.3, 0.4) is 0 Å². The van der Waals surface area contributed by atoms with E-state index in [-0.39, 0.29) is 17.8 Å². The summed E-state index contributed by atoms with van der Waals surface area (Å²) in [6.07, 6.45) is 6.63. The van der Waals surface area contributed by atoms with Crippen LogP contribution in [0, 0.1) is 11.8 Å². The number of anilines is 2. The fraction of sp³-hybridized carbons (Fsp3) is 0.571. The highest BCUT2D eigenvalue weighted by Crippen LogP contribution is 2.33. The number of hydrogen-bond donors (Lipinski definition) is 1. The van der Waals surface area contributed by atoms with E-state index in [2.05, 4.69) is 10.2 Å². The van der Waals surface area contributed by atoms with E-state index < -0.39 is 0 Å². The number of carbonyl (C=O) groups is 1. The van der Waals surface area contributed by atoms with Gasteiger partial charge in [-0.05, 0) is 43.7 Å². The zero-order valence-electron chi connectivity index (χ0n) is 16.0. The van der Waals surface area contributed by atoms with Gasteiger partial charge in [-0.15, -0.1) is 0 Å². The van der Waals surface area contributed by atoms with Gasteiger partial charge in [-0.2, -0.15) is 0 Å². The van der Waals surface area contributed by atoms with E-state index in [1.54, 1.807) is 0 Å². The number of aromatic nitrogens is 2. The van der Waals surface area contributed by atoms with Gasteiger partial charge < -0.3 is 15.0 Å². The number of para-hydroxylation sites is 2. The number of nitrogens with zero attached hydrogens (tertiary/aromatic N) is 3. The van der Waals surface area contributed by atoms with E-state index in [9.17, 15) is 4.79 Å². The van der Waals surface area contributed by atoms with Crippen LogP contribution in [0.4, 0.5) is 11.6 Å². The molecule has 4 rings (SSSR count).